The van der Waals surface area contributed by atoms with E-state index in [2.05, 4.69) is 11.6 Å². The summed E-state index contributed by atoms with van der Waals surface area (Å²) in [5.41, 5.74) is 0.179. The molecular formula is C13H21NO3S2. The molecule has 0 radical (unpaired) electrons. The molecule has 1 aromatic rings. The lowest BCUT2D eigenvalue weighted by Crippen LogP contribution is -2.41. The molecule has 0 aliphatic heterocycles. The van der Waals surface area contributed by atoms with Gasteiger partial charge in [-0.05, 0) is 36.8 Å². The van der Waals surface area contributed by atoms with Gasteiger partial charge in [0.1, 0.15) is 4.21 Å². The Bertz CT molecular complexity index is 512. The van der Waals surface area contributed by atoms with Crippen molar-refractivity contribution in [3.05, 3.63) is 17.0 Å². The predicted octanol–water partition coefficient (Wildman–Crippen LogP) is 2.14. The summed E-state index contributed by atoms with van der Waals surface area (Å²) >= 11 is 1.24. The summed E-state index contributed by atoms with van der Waals surface area (Å²) < 4.78 is 27.5. The fourth-order valence-electron chi connectivity index (χ4n) is 2.40. The maximum Gasteiger partial charge on any atom is 0.250 e. The van der Waals surface area contributed by atoms with E-state index in [4.69, 9.17) is 5.11 Å². The van der Waals surface area contributed by atoms with Gasteiger partial charge in [-0.15, -0.1) is 11.3 Å². The first kappa shape index (κ1) is 15.0. The van der Waals surface area contributed by atoms with Crippen molar-refractivity contribution in [1.29, 1.82) is 0 Å². The molecule has 1 aromatic heterocycles. The Balaban J connectivity index is 2.01. The molecular weight excluding hydrogens is 282 g/mol. The lowest BCUT2D eigenvalue weighted by Gasteiger charge is -2.41. The summed E-state index contributed by atoms with van der Waals surface area (Å²) in [5, 5.41) is 8.85. The van der Waals surface area contributed by atoms with Gasteiger partial charge in [-0.3, -0.25) is 0 Å². The number of rotatable bonds is 7. The van der Waals surface area contributed by atoms with Crippen molar-refractivity contribution in [1.82, 2.24) is 4.72 Å². The zero-order chi connectivity index (χ0) is 13.9. The van der Waals surface area contributed by atoms with Gasteiger partial charge in [-0.2, -0.15) is 0 Å². The monoisotopic (exact) mass is 303 g/mol. The van der Waals surface area contributed by atoms with Crippen molar-refractivity contribution in [2.24, 2.45) is 5.41 Å². The van der Waals surface area contributed by atoms with Crippen LogP contribution in [0.25, 0.3) is 0 Å². The van der Waals surface area contributed by atoms with Crippen LogP contribution in [-0.2, 0) is 16.4 Å². The maximum absolute atomic E-state index is 12.2. The standard InChI is InChI=1S/C13H21NO3S2/c1-2-13(7-3-8-13)10-14-19(16,17)12-5-4-11(18-12)6-9-15/h4-5,14-15H,2-3,6-10H2,1H3. The fourth-order valence-corrected chi connectivity index (χ4v) is 4.94. The summed E-state index contributed by atoms with van der Waals surface area (Å²) in [7, 11) is -3.39. The molecule has 1 aliphatic carbocycles. The second-order valence-corrected chi connectivity index (χ2v) is 8.39. The molecule has 1 aliphatic rings. The number of sulfonamides is 1. The highest BCUT2D eigenvalue weighted by molar-refractivity contribution is 7.91. The van der Waals surface area contributed by atoms with Gasteiger partial charge in [0.2, 0.25) is 10.0 Å². The van der Waals surface area contributed by atoms with Crippen molar-refractivity contribution in [3.63, 3.8) is 0 Å². The predicted molar refractivity (Wildman–Crippen MR) is 76.9 cm³/mol. The van der Waals surface area contributed by atoms with Crippen molar-refractivity contribution >= 4 is 21.4 Å². The molecule has 1 saturated carbocycles. The van der Waals surface area contributed by atoms with E-state index >= 15 is 0 Å². The second kappa shape index (κ2) is 5.91. The third-order valence-electron chi connectivity index (χ3n) is 4.06. The third kappa shape index (κ3) is 3.37. The first-order valence-electron chi connectivity index (χ1n) is 6.71. The van der Waals surface area contributed by atoms with Gasteiger partial charge in [0, 0.05) is 24.4 Å². The van der Waals surface area contributed by atoms with Crippen LogP contribution in [0.15, 0.2) is 16.3 Å². The Kier molecular flexibility index (Phi) is 4.66. The van der Waals surface area contributed by atoms with Crippen LogP contribution < -0.4 is 4.72 Å². The van der Waals surface area contributed by atoms with E-state index in [1.807, 2.05) is 0 Å². The van der Waals surface area contributed by atoms with Crippen molar-refractivity contribution < 1.29 is 13.5 Å². The lowest BCUT2D eigenvalue weighted by atomic mass is 9.67. The van der Waals surface area contributed by atoms with Crippen LogP contribution in [0, 0.1) is 5.41 Å². The molecule has 6 heteroatoms. The van der Waals surface area contributed by atoms with E-state index in [9.17, 15) is 8.42 Å². The molecule has 0 amide bonds. The van der Waals surface area contributed by atoms with Gasteiger partial charge in [0.05, 0.1) is 0 Å². The first-order chi connectivity index (χ1) is 9.01. The van der Waals surface area contributed by atoms with Crippen LogP contribution in [0.5, 0.6) is 0 Å². The van der Waals surface area contributed by atoms with E-state index < -0.39 is 10.0 Å². The highest BCUT2D eigenvalue weighted by Crippen LogP contribution is 2.43. The molecule has 2 N–H and O–H groups in total. The molecule has 1 fully saturated rings. The number of aliphatic hydroxyl groups excluding tert-OH is 1. The largest absolute Gasteiger partial charge is 0.396 e. The van der Waals surface area contributed by atoms with Crippen LogP contribution in [0.2, 0.25) is 0 Å². The van der Waals surface area contributed by atoms with Gasteiger partial charge in [-0.1, -0.05) is 13.3 Å². The van der Waals surface area contributed by atoms with Gasteiger partial charge in [-0.25, -0.2) is 13.1 Å². The zero-order valence-corrected chi connectivity index (χ0v) is 12.8. The quantitative estimate of drug-likeness (QED) is 0.811. The van der Waals surface area contributed by atoms with Crippen LogP contribution in [-0.4, -0.2) is 26.7 Å². The van der Waals surface area contributed by atoms with Crippen molar-refractivity contribution in [2.75, 3.05) is 13.2 Å². The van der Waals surface area contributed by atoms with E-state index in [0.29, 0.717) is 17.2 Å². The molecule has 108 valence electrons. The zero-order valence-electron chi connectivity index (χ0n) is 11.2. The Morgan fingerprint density at radius 3 is 2.68 bits per heavy atom. The molecule has 2 rings (SSSR count). The number of hydrogen-bond donors (Lipinski definition) is 2. The maximum atomic E-state index is 12.2. The number of thiophene rings is 1. The smallest absolute Gasteiger partial charge is 0.250 e. The SMILES string of the molecule is CCC1(CNS(=O)(=O)c2ccc(CCO)s2)CCC1. The normalized spacial score (nSPS) is 18.2. The van der Waals surface area contributed by atoms with E-state index in [1.54, 1.807) is 12.1 Å². The molecule has 0 atom stereocenters. The Hall–Kier alpha value is -0.430. The molecule has 0 saturated heterocycles. The summed E-state index contributed by atoms with van der Waals surface area (Å²) in [4.78, 5) is 0.900. The van der Waals surface area contributed by atoms with E-state index in [1.165, 1.54) is 17.8 Å². The number of hydrogen-bond acceptors (Lipinski definition) is 4. The highest BCUT2D eigenvalue weighted by Gasteiger charge is 2.36. The van der Waals surface area contributed by atoms with E-state index in [0.717, 1.165) is 24.1 Å². The van der Waals surface area contributed by atoms with Crippen LogP contribution in [0.1, 0.15) is 37.5 Å². The minimum absolute atomic E-state index is 0.0480. The molecule has 0 spiro atoms. The average molecular weight is 303 g/mol. The van der Waals surface area contributed by atoms with Crippen molar-refractivity contribution in [2.45, 2.75) is 43.2 Å². The molecule has 19 heavy (non-hydrogen) atoms. The summed E-state index contributed by atoms with van der Waals surface area (Å²) in [6.07, 6.45) is 4.97. The molecule has 0 unspecified atom stereocenters. The minimum atomic E-state index is -3.39. The molecule has 1 heterocycles. The van der Waals surface area contributed by atoms with Gasteiger partial charge in [0.25, 0.3) is 0 Å². The lowest BCUT2D eigenvalue weighted by molar-refractivity contribution is 0.133. The average Bonchev–Trinajstić information content (AvgIpc) is 2.78. The molecule has 0 aromatic carbocycles. The Labute approximate surface area is 118 Å². The topological polar surface area (TPSA) is 66.4 Å². The number of aliphatic hydroxyl groups is 1. The van der Waals surface area contributed by atoms with Gasteiger partial charge >= 0.3 is 0 Å². The fraction of sp³-hybridized carbons (Fsp3) is 0.692. The van der Waals surface area contributed by atoms with Gasteiger partial charge in [0.15, 0.2) is 0 Å². The second-order valence-electron chi connectivity index (χ2n) is 5.23. The summed E-state index contributed by atoms with van der Waals surface area (Å²) in [5.74, 6) is 0. The van der Waals surface area contributed by atoms with Crippen LogP contribution in [0.3, 0.4) is 0 Å². The Morgan fingerprint density at radius 2 is 2.16 bits per heavy atom. The molecule has 4 nitrogen and oxygen atoms in total. The third-order valence-corrected chi connectivity index (χ3v) is 7.10. The van der Waals surface area contributed by atoms with Gasteiger partial charge < -0.3 is 5.11 Å². The first-order valence-corrected chi connectivity index (χ1v) is 9.00. The van der Waals surface area contributed by atoms with Crippen LogP contribution in [0.4, 0.5) is 0 Å². The summed E-state index contributed by atoms with van der Waals surface area (Å²) in [6, 6.07) is 3.39. The van der Waals surface area contributed by atoms with Crippen LogP contribution >= 0.6 is 11.3 Å². The number of nitrogens with one attached hydrogen (secondary N) is 1. The molecule has 0 bridgehead atoms. The summed E-state index contributed by atoms with van der Waals surface area (Å²) in [6.45, 7) is 2.71. The van der Waals surface area contributed by atoms with E-state index in [-0.39, 0.29) is 12.0 Å². The Morgan fingerprint density at radius 1 is 1.42 bits per heavy atom. The minimum Gasteiger partial charge on any atom is -0.396 e. The highest BCUT2D eigenvalue weighted by atomic mass is 32.2. The van der Waals surface area contributed by atoms with Crippen molar-refractivity contribution in [3.8, 4) is 0 Å².